The number of hydrogen-bond donors (Lipinski definition) is 2. The largest absolute Gasteiger partial charge is 0.409 e. The standard InChI is InChI=1S/C15H18N4O/c1-11-5-3-8-14(17-11)19(2)10-12-6-4-7-13(9-12)15(16)18-20/h3-9,20H,10H2,1-2H3,(H2,16,18). The van der Waals surface area contributed by atoms with Gasteiger partial charge in [0.1, 0.15) is 5.82 Å². The summed E-state index contributed by atoms with van der Waals surface area (Å²) in [6.45, 7) is 2.67. The van der Waals surface area contributed by atoms with E-state index in [1.54, 1.807) is 0 Å². The van der Waals surface area contributed by atoms with Crippen molar-refractivity contribution < 1.29 is 5.21 Å². The van der Waals surface area contributed by atoms with Crippen LogP contribution in [0.25, 0.3) is 0 Å². The van der Waals surface area contributed by atoms with Crippen molar-refractivity contribution in [2.24, 2.45) is 10.9 Å². The molecular weight excluding hydrogens is 252 g/mol. The molecule has 104 valence electrons. The molecule has 1 heterocycles. The zero-order chi connectivity index (χ0) is 14.5. The third-order valence-corrected chi connectivity index (χ3v) is 3.01. The lowest BCUT2D eigenvalue weighted by Crippen LogP contribution is -2.19. The molecule has 0 saturated carbocycles. The molecule has 20 heavy (non-hydrogen) atoms. The molecule has 5 nitrogen and oxygen atoms in total. The number of hydrogen-bond acceptors (Lipinski definition) is 4. The number of aryl methyl sites for hydroxylation is 1. The summed E-state index contributed by atoms with van der Waals surface area (Å²) < 4.78 is 0. The van der Waals surface area contributed by atoms with E-state index in [0.29, 0.717) is 12.1 Å². The van der Waals surface area contributed by atoms with Crippen LogP contribution in [-0.4, -0.2) is 23.1 Å². The molecule has 0 aliphatic heterocycles. The van der Waals surface area contributed by atoms with Crippen LogP contribution in [0.5, 0.6) is 0 Å². The van der Waals surface area contributed by atoms with Gasteiger partial charge in [-0.2, -0.15) is 0 Å². The van der Waals surface area contributed by atoms with Crippen LogP contribution in [0.4, 0.5) is 5.82 Å². The molecule has 0 unspecified atom stereocenters. The van der Waals surface area contributed by atoms with Crippen LogP contribution in [0, 0.1) is 6.92 Å². The number of amidine groups is 1. The van der Waals surface area contributed by atoms with Crippen LogP contribution in [0.1, 0.15) is 16.8 Å². The van der Waals surface area contributed by atoms with Crippen LogP contribution >= 0.6 is 0 Å². The van der Waals surface area contributed by atoms with E-state index in [9.17, 15) is 0 Å². The fourth-order valence-electron chi connectivity index (χ4n) is 1.98. The molecule has 0 aliphatic carbocycles. The number of oxime groups is 1. The third kappa shape index (κ3) is 3.26. The quantitative estimate of drug-likeness (QED) is 0.386. The number of rotatable bonds is 4. The van der Waals surface area contributed by atoms with Gasteiger partial charge in [0.15, 0.2) is 5.84 Å². The van der Waals surface area contributed by atoms with Gasteiger partial charge in [-0.1, -0.05) is 29.4 Å². The van der Waals surface area contributed by atoms with Crippen LogP contribution < -0.4 is 10.6 Å². The molecule has 0 aliphatic rings. The van der Waals surface area contributed by atoms with Crippen molar-refractivity contribution in [1.29, 1.82) is 0 Å². The van der Waals surface area contributed by atoms with Crippen LogP contribution in [0.2, 0.25) is 0 Å². The fraction of sp³-hybridized carbons (Fsp3) is 0.200. The van der Waals surface area contributed by atoms with E-state index in [1.165, 1.54) is 0 Å². The minimum atomic E-state index is 0.114. The summed E-state index contributed by atoms with van der Waals surface area (Å²) in [5.74, 6) is 1.03. The Kier molecular flexibility index (Phi) is 4.20. The van der Waals surface area contributed by atoms with E-state index < -0.39 is 0 Å². The SMILES string of the molecule is Cc1cccc(N(C)Cc2cccc(C(N)=NO)c2)n1. The molecule has 0 amide bonds. The first-order valence-electron chi connectivity index (χ1n) is 6.32. The molecule has 0 spiro atoms. The van der Waals surface area contributed by atoms with Crippen LogP contribution in [-0.2, 0) is 6.54 Å². The van der Waals surface area contributed by atoms with Crippen molar-refractivity contribution in [3.8, 4) is 0 Å². The summed E-state index contributed by atoms with van der Waals surface area (Å²) in [5, 5.41) is 11.7. The number of aromatic nitrogens is 1. The van der Waals surface area contributed by atoms with Crippen molar-refractivity contribution in [2.45, 2.75) is 13.5 Å². The van der Waals surface area contributed by atoms with Gasteiger partial charge in [-0.3, -0.25) is 0 Å². The highest BCUT2D eigenvalue weighted by Crippen LogP contribution is 2.14. The van der Waals surface area contributed by atoms with Crippen molar-refractivity contribution in [3.05, 3.63) is 59.3 Å². The van der Waals surface area contributed by atoms with Gasteiger partial charge in [-0.05, 0) is 30.7 Å². The van der Waals surface area contributed by atoms with Crippen LogP contribution in [0.15, 0.2) is 47.6 Å². The van der Waals surface area contributed by atoms with Gasteiger partial charge < -0.3 is 15.8 Å². The molecule has 1 aromatic carbocycles. The zero-order valence-corrected chi connectivity index (χ0v) is 11.6. The van der Waals surface area contributed by atoms with Crippen molar-refractivity contribution in [1.82, 2.24) is 4.98 Å². The smallest absolute Gasteiger partial charge is 0.170 e. The van der Waals surface area contributed by atoms with Crippen molar-refractivity contribution >= 4 is 11.7 Å². The fourth-order valence-corrected chi connectivity index (χ4v) is 1.98. The minimum Gasteiger partial charge on any atom is -0.409 e. The van der Waals surface area contributed by atoms with Gasteiger partial charge in [-0.25, -0.2) is 4.98 Å². The highest BCUT2D eigenvalue weighted by Gasteiger charge is 2.05. The number of nitrogens with zero attached hydrogens (tertiary/aromatic N) is 3. The molecular formula is C15H18N4O. The topological polar surface area (TPSA) is 74.7 Å². The Morgan fingerprint density at radius 1 is 1.30 bits per heavy atom. The predicted octanol–water partition coefficient (Wildman–Crippen LogP) is 2.12. The number of anilines is 1. The van der Waals surface area contributed by atoms with E-state index in [4.69, 9.17) is 10.9 Å². The highest BCUT2D eigenvalue weighted by molar-refractivity contribution is 5.97. The first-order chi connectivity index (χ1) is 9.60. The summed E-state index contributed by atoms with van der Waals surface area (Å²) in [7, 11) is 1.98. The molecule has 1 aromatic heterocycles. The molecule has 2 rings (SSSR count). The van der Waals surface area contributed by atoms with Gasteiger partial charge >= 0.3 is 0 Å². The molecule has 3 N–H and O–H groups in total. The van der Waals surface area contributed by atoms with E-state index >= 15 is 0 Å². The molecule has 0 atom stereocenters. The molecule has 0 radical (unpaired) electrons. The van der Waals surface area contributed by atoms with Crippen molar-refractivity contribution in [3.63, 3.8) is 0 Å². The number of nitrogens with two attached hydrogens (primary N) is 1. The summed E-state index contributed by atoms with van der Waals surface area (Å²) >= 11 is 0. The van der Waals surface area contributed by atoms with E-state index in [1.807, 2.05) is 56.4 Å². The molecule has 0 bridgehead atoms. The maximum atomic E-state index is 8.71. The van der Waals surface area contributed by atoms with E-state index in [-0.39, 0.29) is 5.84 Å². The number of pyridine rings is 1. The lowest BCUT2D eigenvalue weighted by molar-refractivity contribution is 0.318. The van der Waals surface area contributed by atoms with Gasteiger partial charge in [0.05, 0.1) is 0 Å². The summed E-state index contributed by atoms with van der Waals surface area (Å²) in [6.07, 6.45) is 0. The molecule has 5 heteroatoms. The first-order valence-corrected chi connectivity index (χ1v) is 6.32. The van der Waals surface area contributed by atoms with E-state index in [2.05, 4.69) is 15.0 Å². The van der Waals surface area contributed by atoms with E-state index in [0.717, 1.165) is 17.1 Å². The summed E-state index contributed by atoms with van der Waals surface area (Å²) in [5.41, 5.74) is 8.36. The number of benzene rings is 1. The summed E-state index contributed by atoms with van der Waals surface area (Å²) in [4.78, 5) is 6.53. The predicted molar refractivity (Wildman–Crippen MR) is 80.0 cm³/mol. The van der Waals surface area contributed by atoms with Gasteiger partial charge in [0.2, 0.25) is 0 Å². The molecule has 0 fully saturated rings. The maximum Gasteiger partial charge on any atom is 0.170 e. The second-order valence-corrected chi connectivity index (χ2v) is 4.68. The Hall–Kier alpha value is -2.56. The Morgan fingerprint density at radius 2 is 2.05 bits per heavy atom. The van der Waals surface area contributed by atoms with Crippen LogP contribution in [0.3, 0.4) is 0 Å². The second-order valence-electron chi connectivity index (χ2n) is 4.68. The third-order valence-electron chi connectivity index (χ3n) is 3.01. The molecule has 2 aromatic rings. The van der Waals surface area contributed by atoms with Gasteiger partial charge in [0.25, 0.3) is 0 Å². The maximum absolute atomic E-state index is 8.71. The molecule has 0 saturated heterocycles. The lowest BCUT2D eigenvalue weighted by atomic mass is 10.1. The lowest BCUT2D eigenvalue weighted by Gasteiger charge is -2.19. The normalized spacial score (nSPS) is 11.4. The van der Waals surface area contributed by atoms with Crippen molar-refractivity contribution in [2.75, 3.05) is 11.9 Å². The highest BCUT2D eigenvalue weighted by atomic mass is 16.4. The second kappa shape index (κ2) is 6.06. The van der Waals surface area contributed by atoms with Gasteiger partial charge in [0, 0.05) is 24.8 Å². The first kappa shape index (κ1) is 13.9. The minimum absolute atomic E-state index is 0.114. The zero-order valence-electron chi connectivity index (χ0n) is 11.6. The monoisotopic (exact) mass is 270 g/mol. The Morgan fingerprint density at radius 3 is 2.75 bits per heavy atom. The Balaban J connectivity index is 2.17. The average molecular weight is 270 g/mol. The average Bonchev–Trinajstić information content (AvgIpc) is 2.46. The van der Waals surface area contributed by atoms with Gasteiger partial charge in [-0.15, -0.1) is 0 Å². The Bertz CT molecular complexity index is 625. The Labute approximate surface area is 118 Å². The summed E-state index contributed by atoms with van der Waals surface area (Å²) in [6, 6.07) is 13.5.